The predicted octanol–water partition coefficient (Wildman–Crippen LogP) is 4.90. The summed E-state index contributed by atoms with van der Waals surface area (Å²) in [6.45, 7) is 3.89. The van der Waals surface area contributed by atoms with Crippen molar-refractivity contribution in [3.8, 4) is 23.1 Å². The third-order valence-electron chi connectivity index (χ3n) is 3.49. The van der Waals surface area contributed by atoms with E-state index in [1.807, 2.05) is 66.9 Å². The number of halogens is 1. The van der Waals surface area contributed by atoms with E-state index in [9.17, 15) is 0 Å². The Bertz CT molecular complexity index is 879. The molecule has 0 spiro atoms. The van der Waals surface area contributed by atoms with Gasteiger partial charge in [0.05, 0.1) is 11.3 Å². The molecule has 0 bridgehead atoms. The molecule has 1 heterocycles. The molecule has 1 aromatic heterocycles. The Labute approximate surface area is 150 Å². The Kier molecular flexibility index (Phi) is 4.89. The van der Waals surface area contributed by atoms with Crippen LogP contribution in [0.25, 0.3) is 17.1 Å². The molecule has 1 atom stereocenters. The predicted molar refractivity (Wildman–Crippen MR) is 97.5 cm³/mol. The molecular formula is C18H15ClN4S. The van der Waals surface area contributed by atoms with Crippen molar-refractivity contribution in [2.24, 2.45) is 0 Å². The minimum absolute atomic E-state index is 0.217. The Morgan fingerprint density at radius 1 is 1.08 bits per heavy atom. The van der Waals surface area contributed by atoms with Crippen LogP contribution in [0.5, 0.6) is 0 Å². The highest BCUT2D eigenvalue weighted by Gasteiger charge is 2.18. The van der Waals surface area contributed by atoms with Crippen molar-refractivity contribution in [1.29, 1.82) is 5.26 Å². The summed E-state index contributed by atoms with van der Waals surface area (Å²) in [5, 5.41) is 18.9. The van der Waals surface area contributed by atoms with Crippen molar-refractivity contribution >= 4 is 23.4 Å². The summed E-state index contributed by atoms with van der Waals surface area (Å²) in [5.41, 5.74) is 3.07. The van der Waals surface area contributed by atoms with Gasteiger partial charge in [-0.15, -0.1) is 10.2 Å². The maximum absolute atomic E-state index is 9.10. The van der Waals surface area contributed by atoms with Crippen molar-refractivity contribution in [2.45, 2.75) is 24.3 Å². The number of aryl methyl sites for hydroxylation is 1. The van der Waals surface area contributed by atoms with Gasteiger partial charge in [0, 0.05) is 16.3 Å². The van der Waals surface area contributed by atoms with Crippen LogP contribution in [-0.2, 0) is 0 Å². The first-order valence-electron chi connectivity index (χ1n) is 7.43. The number of aromatic nitrogens is 3. The van der Waals surface area contributed by atoms with E-state index >= 15 is 0 Å². The lowest BCUT2D eigenvalue weighted by Crippen LogP contribution is -2.01. The van der Waals surface area contributed by atoms with Gasteiger partial charge < -0.3 is 0 Å². The number of nitriles is 1. The molecule has 2 aromatic carbocycles. The Morgan fingerprint density at radius 2 is 1.75 bits per heavy atom. The van der Waals surface area contributed by atoms with Crippen LogP contribution in [0.4, 0.5) is 0 Å². The fraction of sp³-hybridized carbons (Fsp3) is 0.167. The molecule has 0 saturated carbocycles. The molecule has 24 heavy (non-hydrogen) atoms. The lowest BCUT2D eigenvalue weighted by Gasteiger charge is -2.11. The van der Waals surface area contributed by atoms with E-state index in [0.717, 1.165) is 17.1 Å². The van der Waals surface area contributed by atoms with Crippen molar-refractivity contribution in [3.63, 3.8) is 0 Å². The summed E-state index contributed by atoms with van der Waals surface area (Å²) in [5.74, 6) is 0.741. The Hall–Kier alpha value is -2.29. The van der Waals surface area contributed by atoms with Gasteiger partial charge in [0.2, 0.25) is 0 Å². The molecular weight excluding hydrogens is 340 g/mol. The highest BCUT2D eigenvalue weighted by Crippen LogP contribution is 2.30. The van der Waals surface area contributed by atoms with Gasteiger partial charge in [-0.1, -0.05) is 53.2 Å². The van der Waals surface area contributed by atoms with Crippen molar-refractivity contribution in [1.82, 2.24) is 14.8 Å². The zero-order valence-corrected chi connectivity index (χ0v) is 14.8. The van der Waals surface area contributed by atoms with E-state index in [2.05, 4.69) is 16.3 Å². The summed E-state index contributed by atoms with van der Waals surface area (Å²) in [7, 11) is 0. The molecule has 4 nitrogen and oxygen atoms in total. The molecule has 0 aliphatic heterocycles. The number of nitrogens with zero attached hydrogens (tertiary/aromatic N) is 4. The van der Waals surface area contributed by atoms with Crippen molar-refractivity contribution in [2.75, 3.05) is 0 Å². The average molecular weight is 355 g/mol. The highest BCUT2D eigenvalue weighted by molar-refractivity contribution is 8.00. The van der Waals surface area contributed by atoms with Crippen LogP contribution in [0.3, 0.4) is 0 Å². The first-order chi connectivity index (χ1) is 11.6. The van der Waals surface area contributed by atoms with Gasteiger partial charge in [-0.3, -0.25) is 4.57 Å². The topological polar surface area (TPSA) is 54.5 Å². The second-order valence-corrected chi connectivity index (χ2v) is 7.12. The quantitative estimate of drug-likeness (QED) is 0.625. The first-order valence-corrected chi connectivity index (χ1v) is 8.69. The molecule has 3 rings (SSSR count). The second-order valence-electron chi connectivity index (χ2n) is 5.37. The number of hydrogen-bond donors (Lipinski definition) is 0. The van der Waals surface area contributed by atoms with Crippen LogP contribution in [0.15, 0.2) is 53.7 Å². The van der Waals surface area contributed by atoms with E-state index in [1.165, 1.54) is 17.3 Å². The fourth-order valence-corrected chi connectivity index (χ4v) is 3.12. The van der Waals surface area contributed by atoms with Gasteiger partial charge in [-0.25, -0.2) is 0 Å². The van der Waals surface area contributed by atoms with Crippen LogP contribution < -0.4 is 0 Å². The minimum atomic E-state index is -0.217. The van der Waals surface area contributed by atoms with Crippen LogP contribution in [0.2, 0.25) is 5.02 Å². The SMILES string of the molecule is Cc1ccc(-c2nnc(S[C@@H](C)C#N)n2-c2ccc(Cl)cc2)cc1. The van der Waals surface area contributed by atoms with Gasteiger partial charge in [-0.05, 0) is 38.1 Å². The molecule has 0 radical (unpaired) electrons. The molecule has 120 valence electrons. The number of thioether (sulfide) groups is 1. The zero-order valence-electron chi connectivity index (χ0n) is 13.3. The summed E-state index contributed by atoms with van der Waals surface area (Å²) in [6, 6.07) is 17.9. The molecule has 0 unspecified atom stereocenters. The van der Waals surface area contributed by atoms with Gasteiger partial charge in [0.25, 0.3) is 0 Å². The van der Waals surface area contributed by atoms with Gasteiger partial charge in [-0.2, -0.15) is 5.26 Å². The van der Waals surface area contributed by atoms with E-state index in [0.29, 0.717) is 10.2 Å². The molecule has 0 saturated heterocycles. The number of hydrogen-bond acceptors (Lipinski definition) is 4. The van der Waals surface area contributed by atoms with E-state index < -0.39 is 0 Å². The monoisotopic (exact) mass is 354 g/mol. The third-order valence-corrected chi connectivity index (χ3v) is 4.68. The molecule has 0 aliphatic carbocycles. The second kappa shape index (κ2) is 7.08. The lowest BCUT2D eigenvalue weighted by molar-refractivity contribution is 0.883. The smallest absolute Gasteiger partial charge is 0.197 e. The Morgan fingerprint density at radius 3 is 2.38 bits per heavy atom. The molecule has 0 aliphatic rings. The maximum Gasteiger partial charge on any atom is 0.197 e. The van der Waals surface area contributed by atoms with Crippen LogP contribution in [-0.4, -0.2) is 20.0 Å². The molecule has 0 amide bonds. The van der Waals surface area contributed by atoms with E-state index in [1.54, 1.807) is 0 Å². The van der Waals surface area contributed by atoms with Crippen LogP contribution >= 0.6 is 23.4 Å². The summed E-state index contributed by atoms with van der Waals surface area (Å²) >= 11 is 7.39. The average Bonchev–Trinajstić information content (AvgIpc) is 2.99. The molecule has 3 aromatic rings. The van der Waals surface area contributed by atoms with Gasteiger partial charge in [0.1, 0.15) is 0 Å². The minimum Gasteiger partial charge on any atom is -0.270 e. The highest BCUT2D eigenvalue weighted by atomic mass is 35.5. The molecule has 0 N–H and O–H groups in total. The number of rotatable bonds is 4. The zero-order chi connectivity index (χ0) is 17.1. The standard InChI is InChI=1S/C18H15ClN4S/c1-12-3-5-14(6-4-12)17-21-22-18(24-13(2)11-20)23(17)16-9-7-15(19)8-10-16/h3-10,13H,1-2H3/t13-/m0/s1. The summed E-state index contributed by atoms with van der Waals surface area (Å²) in [4.78, 5) is 0. The maximum atomic E-state index is 9.10. The fourth-order valence-electron chi connectivity index (χ4n) is 2.24. The molecule has 0 fully saturated rings. The Balaban J connectivity index is 2.14. The summed E-state index contributed by atoms with van der Waals surface area (Å²) in [6.07, 6.45) is 0. The third kappa shape index (κ3) is 3.45. The van der Waals surface area contributed by atoms with Crippen LogP contribution in [0.1, 0.15) is 12.5 Å². The van der Waals surface area contributed by atoms with Crippen LogP contribution in [0, 0.1) is 18.3 Å². The summed E-state index contributed by atoms with van der Waals surface area (Å²) < 4.78 is 1.96. The van der Waals surface area contributed by atoms with Crippen molar-refractivity contribution in [3.05, 3.63) is 59.1 Å². The largest absolute Gasteiger partial charge is 0.270 e. The normalized spacial score (nSPS) is 11.9. The number of benzene rings is 2. The van der Waals surface area contributed by atoms with Gasteiger partial charge in [0.15, 0.2) is 11.0 Å². The van der Waals surface area contributed by atoms with E-state index in [-0.39, 0.29) is 5.25 Å². The molecule has 6 heteroatoms. The first kappa shape index (κ1) is 16.6. The van der Waals surface area contributed by atoms with E-state index in [4.69, 9.17) is 16.9 Å². The lowest BCUT2D eigenvalue weighted by atomic mass is 10.1. The van der Waals surface area contributed by atoms with Crippen molar-refractivity contribution < 1.29 is 0 Å². The van der Waals surface area contributed by atoms with Gasteiger partial charge >= 0.3 is 0 Å².